The Balaban J connectivity index is 4.28. The average molecular weight is 793 g/mol. The van der Waals surface area contributed by atoms with Crippen molar-refractivity contribution in [1.82, 2.24) is 0 Å². The van der Waals surface area contributed by atoms with E-state index >= 15 is 0 Å². The molecule has 0 rings (SSSR count). The third-order valence-electron chi connectivity index (χ3n) is 11.4. The van der Waals surface area contributed by atoms with Gasteiger partial charge in [0.1, 0.15) is 13.2 Å². The van der Waals surface area contributed by atoms with Crippen molar-refractivity contribution in [2.75, 3.05) is 13.2 Å². The van der Waals surface area contributed by atoms with Crippen molar-refractivity contribution < 1.29 is 28.6 Å². The van der Waals surface area contributed by atoms with Gasteiger partial charge in [0.25, 0.3) is 0 Å². The van der Waals surface area contributed by atoms with Crippen LogP contribution < -0.4 is 0 Å². The molecule has 0 aliphatic carbocycles. The van der Waals surface area contributed by atoms with Gasteiger partial charge in [-0.05, 0) is 19.3 Å². The molecular formula is C50H96O6. The third-order valence-corrected chi connectivity index (χ3v) is 11.4. The number of ether oxygens (including phenoxy) is 3. The molecule has 332 valence electrons. The van der Waals surface area contributed by atoms with Crippen molar-refractivity contribution >= 4 is 17.9 Å². The van der Waals surface area contributed by atoms with Crippen molar-refractivity contribution in [2.45, 2.75) is 290 Å². The van der Waals surface area contributed by atoms with Gasteiger partial charge in [0.15, 0.2) is 6.10 Å². The van der Waals surface area contributed by atoms with Crippen molar-refractivity contribution in [3.8, 4) is 0 Å². The van der Waals surface area contributed by atoms with Crippen molar-refractivity contribution in [3.05, 3.63) is 0 Å². The molecule has 0 N–H and O–H groups in total. The molecule has 1 atom stereocenters. The molecular weight excluding hydrogens is 697 g/mol. The second-order valence-corrected chi connectivity index (χ2v) is 17.1. The first-order valence-electron chi connectivity index (χ1n) is 25.0. The summed E-state index contributed by atoms with van der Waals surface area (Å²) in [5.41, 5.74) is 0. The molecule has 0 aliphatic heterocycles. The Morgan fingerprint density at radius 3 is 0.714 bits per heavy atom. The van der Waals surface area contributed by atoms with Crippen LogP contribution >= 0.6 is 0 Å². The minimum Gasteiger partial charge on any atom is -0.462 e. The maximum atomic E-state index is 12.8. The fourth-order valence-corrected chi connectivity index (χ4v) is 7.56. The van der Waals surface area contributed by atoms with Crippen LogP contribution in [0.25, 0.3) is 0 Å². The molecule has 0 saturated carbocycles. The number of hydrogen-bond acceptors (Lipinski definition) is 6. The van der Waals surface area contributed by atoms with Gasteiger partial charge >= 0.3 is 17.9 Å². The van der Waals surface area contributed by atoms with Crippen LogP contribution in [-0.2, 0) is 28.6 Å². The molecule has 0 amide bonds. The number of esters is 3. The Morgan fingerprint density at radius 1 is 0.286 bits per heavy atom. The molecule has 0 aromatic heterocycles. The standard InChI is InChI=1S/C50H96O6/c1-4-7-10-13-16-19-22-24-25-26-27-29-32-35-38-41-44-50(53)56-47(45-54-48(51)42-39-36-33-30-21-18-15-12-9-6-3)46-55-49(52)43-40-37-34-31-28-23-20-17-14-11-8-5-2/h47H,4-46H2,1-3H3/t47-/m1/s1. The van der Waals surface area contributed by atoms with E-state index in [1.165, 1.54) is 186 Å². The van der Waals surface area contributed by atoms with Crippen LogP contribution in [0.5, 0.6) is 0 Å². The lowest BCUT2D eigenvalue weighted by molar-refractivity contribution is -0.167. The molecule has 0 radical (unpaired) electrons. The Kier molecular flexibility index (Phi) is 44.8. The summed E-state index contributed by atoms with van der Waals surface area (Å²) in [6.07, 6.45) is 48.0. The van der Waals surface area contributed by atoms with Gasteiger partial charge in [0.2, 0.25) is 0 Å². The van der Waals surface area contributed by atoms with E-state index in [1.807, 2.05) is 0 Å². The van der Waals surface area contributed by atoms with Crippen LogP contribution in [0.3, 0.4) is 0 Å². The molecule has 0 heterocycles. The normalized spacial score (nSPS) is 11.8. The maximum absolute atomic E-state index is 12.8. The number of hydrogen-bond donors (Lipinski definition) is 0. The van der Waals surface area contributed by atoms with E-state index in [9.17, 15) is 14.4 Å². The van der Waals surface area contributed by atoms with Crippen molar-refractivity contribution in [2.24, 2.45) is 0 Å². The van der Waals surface area contributed by atoms with E-state index in [4.69, 9.17) is 14.2 Å². The number of unbranched alkanes of at least 4 members (excludes halogenated alkanes) is 35. The summed E-state index contributed by atoms with van der Waals surface area (Å²) in [7, 11) is 0. The summed E-state index contributed by atoms with van der Waals surface area (Å²) in [5.74, 6) is -0.845. The van der Waals surface area contributed by atoms with Gasteiger partial charge in [0.05, 0.1) is 0 Å². The zero-order valence-corrected chi connectivity index (χ0v) is 37.9. The van der Waals surface area contributed by atoms with Gasteiger partial charge in [-0.25, -0.2) is 0 Å². The zero-order valence-electron chi connectivity index (χ0n) is 37.9. The first-order chi connectivity index (χ1) is 27.5. The van der Waals surface area contributed by atoms with E-state index in [2.05, 4.69) is 20.8 Å². The van der Waals surface area contributed by atoms with Gasteiger partial charge < -0.3 is 14.2 Å². The Bertz CT molecular complexity index is 828. The summed E-state index contributed by atoms with van der Waals surface area (Å²) in [6.45, 7) is 6.66. The highest BCUT2D eigenvalue weighted by Crippen LogP contribution is 2.16. The average Bonchev–Trinajstić information content (AvgIpc) is 3.19. The summed E-state index contributed by atoms with van der Waals surface area (Å²) in [6, 6.07) is 0. The van der Waals surface area contributed by atoms with Gasteiger partial charge in [-0.15, -0.1) is 0 Å². The lowest BCUT2D eigenvalue weighted by Gasteiger charge is -2.18. The van der Waals surface area contributed by atoms with Crippen LogP contribution in [0, 0.1) is 0 Å². The molecule has 56 heavy (non-hydrogen) atoms. The molecule has 0 bridgehead atoms. The Labute approximate surface area is 348 Å². The lowest BCUT2D eigenvalue weighted by Crippen LogP contribution is -2.30. The molecule has 0 fully saturated rings. The second kappa shape index (κ2) is 46.1. The number of carbonyl (C=O) groups excluding carboxylic acids is 3. The Hall–Kier alpha value is -1.59. The van der Waals surface area contributed by atoms with Crippen LogP contribution in [0.1, 0.15) is 284 Å². The predicted octanol–water partition coefficient (Wildman–Crippen LogP) is 16.0. The molecule has 0 aliphatic rings. The first kappa shape index (κ1) is 54.4. The highest BCUT2D eigenvalue weighted by atomic mass is 16.6. The minimum atomic E-state index is -0.758. The molecule has 6 heteroatoms. The highest BCUT2D eigenvalue weighted by Gasteiger charge is 2.19. The van der Waals surface area contributed by atoms with Crippen molar-refractivity contribution in [3.63, 3.8) is 0 Å². The first-order valence-corrected chi connectivity index (χ1v) is 25.0. The van der Waals surface area contributed by atoms with Crippen LogP contribution in [0.15, 0.2) is 0 Å². The largest absolute Gasteiger partial charge is 0.462 e. The van der Waals surface area contributed by atoms with Crippen molar-refractivity contribution in [1.29, 1.82) is 0 Å². The van der Waals surface area contributed by atoms with E-state index < -0.39 is 6.10 Å². The molecule has 6 nitrogen and oxygen atoms in total. The lowest BCUT2D eigenvalue weighted by atomic mass is 10.0. The summed E-state index contributed by atoms with van der Waals surface area (Å²) in [5, 5.41) is 0. The topological polar surface area (TPSA) is 78.9 Å². The fourth-order valence-electron chi connectivity index (χ4n) is 7.56. The van der Waals surface area contributed by atoms with E-state index in [-0.39, 0.29) is 31.1 Å². The minimum absolute atomic E-state index is 0.0622. The Morgan fingerprint density at radius 2 is 0.482 bits per heavy atom. The monoisotopic (exact) mass is 793 g/mol. The SMILES string of the molecule is CCCCCCCCCCCCCCCCCCC(=O)O[C@H](COC(=O)CCCCCCCCCCCC)COC(=O)CCCCCCCCCCCCCC. The molecule has 0 unspecified atom stereocenters. The van der Waals surface area contributed by atoms with Gasteiger partial charge in [-0.2, -0.15) is 0 Å². The van der Waals surface area contributed by atoms with Gasteiger partial charge in [-0.1, -0.05) is 245 Å². The third kappa shape index (κ3) is 43.5. The van der Waals surface area contributed by atoms with Crippen LogP contribution in [0.2, 0.25) is 0 Å². The molecule has 0 aromatic carbocycles. The maximum Gasteiger partial charge on any atom is 0.306 e. The quantitative estimate of drug-likeness (QED) is 0.0347. The second-order valence-electron chi connectivity index (χ2n) is 17.1. The molecule has 0 saturated heterocycles. The van der Waals surface area contributed by atoms with E-state index in [0.29, 0.717) is 19.3 Å². The van der Waals surface area contributed by atoms with E-state index in [1.54, 1.807) is 0 Å². The molecule has 0 aromatic rings. The summed E-state index contributed by atoms with van der Waals surface area (Å²) < 4.78 is 16.8. The predicted molar refractivity (Wildman–Crippen MR) is 238 cm³/mol. The van der Waals surface area contributed by atoms with E-state index in [0.717, 1.165) is 57.8 Å². The van der Waals surface area contributed by atoms with Gasteiger partial charge in [-0.3, -0.25) is 14.4 Å². The highest BCUT2D eigenvalue weighted by molar-refractivity contribution is 5.71. The molecule has 0 spiro atoms. The number of carbonyl (C=O) groups is 3. The summed E-state index contributed by atoms with van der Waals surface area (Å²) in [4.78, 5) is 37.8. The zero-order chi connectivity index (χ0) is 40.8. The summed E-state index contributed by atoms with van der Waals surface area (Å²) >= 11 is 0. The van der Waals surface area contributed by atoms with Crippen LogP contribution in [-0.4, -0.2) is 37.2 Å². The smallest absolute Gasteiger partial charge is 0.306 e. The number of rotatable bonds is 46. The fraction of sp³-hybridized carbons (Fsp3) is 0.940. The van der Waals surface area contributed by atoms with Gasteiger partial charge in [0, 0.05) is 19.3 Å². The van der Waals surface area contributed by atoms with Crippen LogP contribution in [0.4, 0.5) is 0 Å².